The zero-order valence-electron chi connectivity index (χ0n) is 14.6. The summed E-state index contributed by atoms with van der Waals surface area (Å²) in [5.74, 6) is -0.136. The van der Waals surface area contributed by atoms with Gasteiger partial charge in [-0.15, -0.1) is 0 Å². The van der Waals surface area contributed by atoms with Gasteiger partial charge in [0.2, 0.25) is 0 Å². The van der Waals surface area contributed by atoms with Gasteiger partial charge in [-0.25, -0.2) is 0 Å². The molecule has 0 saturated heterocycles. The first kappa shape index (κ1) is 17.1. The topological polar surface area (TPSA) is 59.2 Å². The number of carbonyl (C=O) groups is 1. The standard InChI is InChI=1S/C21H21NO3/c1-4-25-21(2,3)20(24)15-10-11-17-16(12-15)19(23)13-18(22-17)14-8-6-5-7-9-14/h5-13H,4H2,1-3H3,(H,22,23). The maximum atomic E-state index is 12.7. The molecule has 1 N–H and O–H groups in total. The molecule has 0 radical (unpaired) electrons. The van der Waals surface area contributed by atoms with E-state index < -0.39 is 5.60 Å². The van der Waals surface area contributed by atoms with E-state index in [0.29, 0.717) is 23.1 Å². The third-order valence-electron chi connectivity index (χ3n) is 4.23. The van der Waals surface area contributed by atoms with Gasteiger partial charge in [-0.2, -0.15) is 0 Å². The Labute approximate surface area is 146 Å². The minimum atomic E-state index is -0.917. The first-order chi connectivity index (χ1) is 11.9. The van der Waals surface area contributed by atoms with E-state index in [9.17, 15) is 9.59 Å². The van der Waals surface area contributed by atoms with E-state index >= 15 is 0 Å². The van der Waals surface area contributed by atoms with E-state index in [1.54, 1.807) is 38.1 Å². The van der Waals surface area contributed by atoms with Crippen molar-refractivity contribution in [2.24, 2.45) is 0 Å². The highest BCUT2D eigenvalue weighted by molar-refractivity contribution is 6.04. The van der Waals surface area contributed by atoms with Crippen LogP contribution >= 0.6 is 0 Å². The SMILES string of the molecule is CCOC(C)(C)C(=O)c1ccc2[nH]c(-c3ccccc3)cc(=O)c2c1. The Balaban J connectivity index is 2.07. The fourth-order valence-electron chi connectivity index (χ4n) is 2.94. The van der Waals surface area contributed by atoms with Gasteiger partial charge in [-0.3, -0.25) is 9.59 Å². The number of aromatic nitrogens is 1. The molecule has 0 aliphatic rings. The van der Waals surface area contributed by atoms with Crippen molar-refractivity contribution in [2.45, 2.75) is 26.4 Å². The molecule has 1 heterocycles. The fraction of sp³-hybridized carbons (Fsp3) is 0.238. The molecule has 0 aliphatic carbocycles. The summed E-state index contributed by atoms with van der Waals surface area (Å²) in [6, 6.07) is 16.4. The number of ketones is 1. The van der Waals surface area contributed by atoms with Crippen LogP contribution in [0.15, 0.2) is 59.4 Å². The van der Waals surface area contributed by atoms with Crippen LogP contribution in [-0.2, 0) is 4.74 Å². The first-order valence-corrected chi connectivity index (χ1v) is 8.33. The molecule has 1 aromatic heterocycles. The molecule has 3 aromatic rings. The number of benzene rings is 2. The molecular weight excluding hydrogens is 314 g/mol. The Kier molecular flexibility index (Phi) is 4.55. The van der Waals surface area contributed by atoms with E-state index in [1.165, 1.54) is 0 Å². The lowest BCUT2D eigenvalue weighted by Gasteiger charge is -2.23. The summed E-state index contributed by atoms with van der Waals surface area (Å²) < 4.78 is 5.53. The van der Waals surface area contributed by atoms with Gasteiger partial charge in [0.1, 0.15) is 5.60 Å². The number of Topliss-reactive ketones (excluding diaryl/α,β-unsaturated/α-hetero) is 1. The maximum absolute atomic E-state index is 12.7. The smallest absolute Gasteiger partial charge is 0.194 e. The summed E-state index contributed by atoms with van der Waals surface area (Å²) in [6.45, 7) is 5.79. The lowest BCUT2D eigenvalue weighted by Crippen LogP contribution is -2.35. The molecule has 0 bridgehead atoms. The number of pyridine rings is 1. The second-order valence-corrected chi connectivity index (χ2v) is 6.45. The molecule has 25 heavy (non-hydrogen) atoms. The van der Waals surface area contributed by atoms with Crippen LogP contribution in [0.4, 0.5) is 0 Å². The third-order valence-corrected chi connectivity index (χ3v) is 4.23. The number of hydrogen-bond donors (Lipinski definition) is 1. The van der Waals surface area contributed by atoms with Crippen LogP contribution < -0.4 is 5.43 Å². The lowest BCUT2D eigenvalue weighted by molar-refractivity contribution is 0.00127. The van der Waals surface area contributed by atoms with Crippen molar-refractivity contribution in [1.29, 1.82) is 0 Å². The Bertz CT molecular complexity index is 971. The molecule has 4 heteroatoms. The molecule has 0 aliphatic heterocycles. The largest absolute Gasteiger partial charge is 0.368 e. The van der Waals surface area contributed by atoms with Crippen LogP contribution in [-0.4, -0.2) is 23.0 Å². The quantitative estimate of drug-likeness (QED) is 0.711. The summed E-state index contributed by atoms with van der Waals surface area (Å²) in [6.07, 6.45) is 0. The van der Waals surface area contributed by atoms with Crippen LogP contribution in [0.2, 0.25) is 0 Å². The minimum Gasteiger partial charge on any atom is -0.368 e. The van der Waals surface area contributed by atoms with Crippen molar-refractivity contribution in [3.05, 3.63) is 70.4 Å². The first-order valence-electron chi connectivity index (χ1n) is 8.33. The van der Waals surface area contributed by atoms with Gasteiger partial charge in [0, 0.05) is 34.8 Å². The molecule has 0 amide bonds. The molecule has 2 aromatic carbocycles. The summed E-state index contributed by atoms with van der Waals surface area (Å²) in [5.41, 5.74) is 1.85. The third kappa shape index (κ3) is 3.39. The number of hydrogen-bond acceptors (Lipinski definition) is 3. The van der Waals surface area contributed by atoms with Crippen LogP contribution in [0, 0.1) is 0 Å². The second kappa shape index (κ2) is 6.65. The van der Waals surface area contributed by atoms with Crippen molar-refractivity contribution >= 4 is 16.7 Å². The maximum Gasteiger partial charge on any atom is 0.194 e. The highest BCUT2D eigenvalue weighted by atomic mass is 16.5. The average Bonchev–Trinajstić information content (AvgIpc) is 2.61. The number of H-pyrrole nitrogens is 1. The Morgan fingerprint density at radius 1 is 1.08 bits per heavy atom. The van der Waals surface area contributed by atoms with E-state index in [4.69, 9.17) is 4.74 Å². The van der Waals surface area contributed by atoms with Gasteiger partial charge in [0.25, 0.3) is 0 Å². The van der Waals surface area contributed by atoms with Crippen molar-refractivity contribution in [2.75, 3.05) is 6.61 Å². The van der Waals surface area contributed by atoms with Crippen molar-refractivity contribution in [3.8, 4) is 11.3 Å². The van der Waals surface area contributed by atoms with Crippen molar-refractivity contribution in [3.63, 3.8) is 0 Å². The van der Waals surface area contributed by atoms with Crippen molar-refractivity contribution in [1.82, 2.24) is 4.98 Å². The van der Waals surface area contributed by atoms with Gasteiger partial charge in [-0.05, 0) is 44.5 Å². The van der Waals surface area contributed by atoms with Gasteiger partial charge in [-0.1, -0.05) is 30.3 Å². The summed E-state index contributed by atoms with van der Waals surface area (Å²) in [7, 11) is 0. The highest BCUT2D eigenvalue weighted by Gasteiger charge is 2.29. The molecule has 3 rings (SSSR count). The molecule has 0 fully saturated rings. The van der Waals surface area contributed by atoms with E-state index in [2.05, 4.69) is 4.98 Å². The molecule has 128 valence electrons. The number of nitrogens with one attached hydrogen (secondary N) is 1. The molecule has 0 spiro atoms. The second-order valence-electron chi connectivity index (χ2n) is 6.45. The Morgan fingerprint density at radius 2 is 1.80 bits per heavy atom. The number of aromatic amines is 1. The average molecular weight is 335 g/mol. The number of fused-ring (bicyclic) bond motifs is 1. The predicted octanol–water partition coefficient (Wildman–Crippen LogP) is 4.19. The zero-order chi connectivity index (χ0) is 18.0. The van der Waals surface area contributed by atoms with Crippen molar-refractivity contribution < 1.29 is 9.53 Å². The fourth-order valence-corrected chi connectivity index (χ4v) is 2.94. The normalized spacial score (nSPS) is 11.6. The summed E-state index contributed by atoms with van der Waals surface area (Å²) >= 11 is 0. The Hall–Kier alpha value is -2.72. The molecule has 4 nitrogen and oxygen atoms in total. The molecule has 0 saturated carbocycles. The lowest BCUT2D eigenvalue weighted by atomic mass is 9.95. The molecule has 0 unspecified atom stereocenters. The Morgan fingerprint density at radius 3 is 2.48 bits per heavy atom. The van der Waals surface area contributed by atoms with E-state index in [-0.39, 0.29) is 11.2 Å². The van der Waals surface area contributed by atoms with Gasteiger partial charge >= 0.3 is 0 Å². The van der Waals surface area contributed by atoms with E-state index in [0.717, 1.165) is 11.3 Å². The van der Waals surface area contributed by atoms with E-state index in [1.807, 2.05) is 37.3 Å². The number of carbonyl (C=O) groups excluding carboxylic acids is 1. The molecular formula is C21H21NO3. The highest BCUT2D eigenvalue weighted by Crippen LogP contribution is 2.22. The summed E-state index contributed by atoms with van der Waals surface area (Å²) in [4.78, 5) is 28.5. The van der Waals surface area contributed by atoms with Gasteiger partial charge in [0.15, 0.2) is 11.2 Å². The van der Waals surface area contributed by atoms with Crippen LogP contribution in [0.3, 0.4) is 0 Å². The summed E-state index contributed by atoms with van der Waals surface area (Å²) in [5, 5.41) is 0.498. The number of rotatable bonds is 5. The van der Waals surface area contributed by atoms with Crippen LogP contribution in [0.1, 0.15) is 31.1 Å². The molecule has 0 atom stereocenters. The number of ether oxygens (including phenoxy) is 1. The monoisotopic (exact) mass is 335 g/mol. The van der Waals surface area contributed by atoms with Crippen LogP contribution in [0.5, 0.6) is 0 Å². The predicted molar refractivity (Wildman–Crippen MR) is 100 cm³/mol. The zero-order valence-corrected chi connectivity index (χ0v) is 14.6. The minimum absolute atomic E-state index is 0.114. The van der Waals surface area contributed by atoms with Crippen LogP contribution in [0.25, 0.3) is 22.2 Å². The van der Waals surface area contributed by atoms with Gasteiger partial charge < -0.3 is 9.72 Å². The van der Waals surface area contributed by atoms with Gasteiger partial charge in [0.05, 0.1) is 0 Å².